The van der Waals surface area contributed by atoms with Crippen molar-refractivity contribution < 1.29 is 4.74 Å². The first-order valence-electron chi connectivity index (χ1n) is 21.6. The number of allylic oxidation sites excluding steroid dienone is 3. The lowest BCUT2D eigenvalue weighted by molar-refractivity contribution is 0.442. The summed E-state index contributed by atoms with van der Waals surface area (Å²) in [6.45, 7) is 4.72. The Bertz CT molecular complexity index is 3330. The fourth-order valence-corrected chi connectivity index (χ4v) is 11.4. The van der Waals surface area contributed by atoms with Crippen LogP contribution < -0.4 is 9.64 Å². The summed E-state index contributed by atoms with van der Waals surface area (Å²) in [6, 6.07) is 65.1. The van der Waals surface area contributed by atoms with Crippen molar-refractivity contribution in [3.8, 4) is 39.4 Å². The molecule has 290 valence electrons. The molecule has 0 unspecified atom stereocenters. The van der Waals surface area contributed by atoms with E-state index in [9.17, 15) is 0 Å². The number of hydrogen-bond acceptors (Lipinski definition) is 2. The largest absolute Gasteiger partial charge is 0.456 e. The Morgan fingerprint density at radius 3 is 1.87 bits per heavy atom. The highest BCUT2D eigenvalue weighted by molar-refractivity contribution is 6.13. The predicted molar refractivity (Wildman–Crippen MR) is 251 cm³/mol. The number of anilines is 2. The number of para-hydroxylation sites is 2. The molecular weight excluding hydrogens is 741 g/mol. The summed E-state index contributed by atoms with van der Waals surface area (Å²) in [5, 5.41) is 2.31. The normalized spacial score (nSPS) is 15.7. The summed E-state index contributed by atoms with van der Waals surface area (Å²) in [6.07, 6.45) is 9.06. The van der Waals surface area contributed by atoms with Crippen LogP contribution in [-0.4, -0.2) is 4.57 Å². The van der Waals surface area contributed by atoms with Gasteiger partial charge < -0.3 is 14.2 Å². The van der Waals surface area contributed by atoms with Gasteiger partial charge in [-0.1, -0.05) is 147 Å². The zero-order valence-electron chi connectivity index (χ0n) is 34.2. The van der Waals surface area contributed by atoms with Gasteiger partial charge in [0.15, 0.2) is 0 Å². The molecule has 13 rings (SSSR count). The van der Waals surface area contributed by atoms with Gasteiger partial charge in [0.25, 0.3) is 0 Å². The second-order valence-corrected chi connectivity index (χ2v) is 17.5. The molecule has 0 fully saturated rings. The molecule has 1 spiro atoms. The van der Waals surface area contributed by atoms with Gasteiger partial charge in [-0.15, -0.1) is 0 Å². The Hall–Kier alpha value is -7.36. The standard InChI is InChI=1S/C58H42N2O/c1-57(2)46-22-10-6-18-41(46)44-33-32-40(36-51(44)57)59(37-16-4-3-5-17-37)38-28-30-39(31-29-38)60-52-26-14-9-21-45(52)55-53(60)35-34-50-56(55)61-54-27-15-13-25-49(54)58(50)47-23-11-7-19-42(47)43-20-8-12-24-48(43)58/h4,6-36H,3,5H2,1-2H3. The van der Waals surface area contributed by atoms with Crippen LogP contribution in [-0.2, 0) is 10.8 Å². The first-order valence-corrected chi connectivity index (χ1v) is 21.6. The minimum atomic E-state index is -0.516. The molecule has 1 aliphatic heterocycles. The van der Waals surface area contributed by atoms with Gasteiger partial charge in [-0.2, -0.15) is 0 Å². The zero-order valence-corrected chi connectivity index (χ0v) is 34.2. The number of benzene rings is 8. The molecule has 0 saturated heterocycles. The first kappa shape index (κ1) is 34.5. The molecule has 0 bridgehead atoms. The first-order chi connectivity index (χ1) is 30.0. The molecule has 0 saturated carbocycles. The highest BCUT2D eigenvalue weighted by atomic mass is 16.5. The third-order valence-electron chi connectivity index (χ3n) is 14.1. The van der Waals surface area contributed by atoms with Crippen LogP contribution in [0.5, 0.6) is 11.5 Å². The topological polar surface area (TPSA) is 17.4 Å². The summed E-state index contributed by atoms with van der Waals surface area (Å²) in [5.41, 5.74) is 19.3. The zero-order chi connectivity index (χ0) is 40.5. The smallest absolute Gasteiger partial charge is 0.142 e. The molecule has 8 aromatic carbocycles. The maximum absolute atomic E-state index is 7.17. The van der Waals surface area contributed by atoms with Gasteiger partial charge in [-0.05, 0) is 118 Å². The lowest BCUT2D eigenvalue weighted by Gasteiger charge is -2.39. The van der Waals surface area contributed by atoms with Gasteiger partial charge in [0.1, 0.15) is 11.5 Å². The van der Waals surface area contributed by atoms with Crippen LogP contribution in [0.15, 0.2) is 200 Å². The Labute approximate surface area is 356 Å². The molecule has 0 atom stereocenters. The van der Waals surface area contributed by atoms with Crippen LogP contribution >= 0.6 is 0 Å². The highest BCUT2D eigenvalue weighted by Crippen LogP contribution is 2.63. The molecule has 3 aliphatic carbocycles. The van der Waals surface area contributed by atoms with Gasteiger partial charge in [-0.25, -0.2) is 0 Å². The summed E-state index contributed by atoms with van der Waals surface area (Å²) in [4.78, 5) is 2.43. The molecular formula is C58H42N2O. The highest BCUT2D eigenvalue weighted by Gasteiger charge is 2.51. The number of ether oxygens (including phenoxy) is 1. The third-order valence-corrected chi connectivity index (χ3v) is 14.1. The minimum absolute atomic E-state index is 0.0834. The van der Waals surface area contributed by atoms with E-state index in [4.69, 9.17) is 4.74 Å². The van der Waals surface area contributed by atoms with Crippen molar-refractivity contribution >= 4 is 33.2 Å². The summed E-state index contributed by atoms with van der Waals surface area (Å²) >= 11 is 0. The monoisotopic (exact) mass is 782 g/mol. The second-order valence-electron chi connectivity index (χ2n) is 17.5. The summed E-state index contributed by atoms with van der Waals surface area (Å²) in [7, 11) is 0. The minimum Gasteiger partial charge on any atom is -0.456 e. The number of rotatable bonds is 4. The number of fused-ring (bicyclic) bond motifs is 16. The second kappa shape index (κ2) is 12.6. The molecule has 0 N–H and O–H groups in total. The van der Waals surface area contributed by atoms with Crippen LogP contribution in [0, 0.1) is 0 Å². The molecule has 1 aromatic heterocycles. The fraction of sp³-hybridized carbons (Fsp3) is 0.103. The van der Waals surface area contributed by atoms with E-state index in [0.717, 1.165) is 52.1 Å². The number of hydrogen-bond donors (Lipinski definition) is 0. The SMILES string of the molecule is CC1(C)c2ccccc2-c2ccc(N(C3=CCCC=C3)c3ccc(-n4c5ccccc5c5c6c(ccc54)C4(c5ccccc5O6)c5ccccc5-c5ccccc54)cc3)cc21. The molecule has 61 heavy (non-hydrogen) atoms. The molecule has 3 heteroatoms. The van der Waals surface area contributed by atoms with Crippen molar-refractivity contribution in [1.29, 1.82) is 0 Å². The average Bonchev–Trinajstić information content (AvgIpc) is 3.89. The van der Waals surface area contributed by atoms with Gasteiger partial charge >= 0.3 is 0 Å². The van der Waals surface area contributed by atoms with E-state index < -0.39 is 5.41 Å². The van der Waals surface area contributed by atoms with Gasteiger partial charge in [0.05, 0.1) is 21.8 Å². The molecule has 2 heterocycles. The van der Waals surface area contributed by atoms with Crippen LogP contribution in [0.3, 0.4) is 0 Å². The Balaban J connectivity index is 0.987. The van der Waals surface area contributed by atoms with Crippen molar-refractivity contribution in [2.75, 3.05) is 4.90 Å². The van der Waals surface area contributed by atoms with Crippen LogP contribution in [0.1, 0.15) is 60.1 Å². The predicted octanol–water partition coefficient (Wildman–Crippen LogP) is 14.9. The van der Waals surface area contributed by atoms with E-state index in [1.165, 1.54) is 72.4 Å². The van der Waals surface area contributed by atoms with E-state index in [1.54, 1.807) is 0 Å². The van der Waals surface area contributed by atoms with E-state index in [2.05, 4.69) is 217 Å². The maximum Gasteiger partial charge on any atom is 0.142 e. The van der Waals surface area contributed by atoms with Crippen molar-refractivity contribution in [1.82, 2.24) is 4.57 Å². The van der Waals surface area contributed by atoms with Crippen LogP contribution in [0.25, 0.3) is 49.7 Å². The molecule has 3 nitrogen and oxygen atoms in total. The van der Waals surface area contributed by atoms with E-state index in [0.29, 0.717) is 0 Å². The van der Waals surface area contributed by atoms with Gasteiger partial charge in [0.2, 0.25) is 0 Å². The Morgan fingerprint density at radius 1 is 0.508 bits per heavy atom. The van der Waals surface area contributed by atoms with Crippen LogP contribution in [0.2, 0.25) is 0 Å². The molecule has 0 amide bonds. The van der Waals surface area contributed by atoms with E-state index >= 15 is 0 Å². The number of aromatic nitrogens is 1. The number of nitrogens with zero attached hydrogens (tertiary/aromatic N) is 2. The summed E-state index contributed by atoms with van der Waals surface area (Å²) in [5.74, 6) is 1.83. The molecule has 9 aromatic rings. The lowest BCUT2D eigenvalue weighted by Crippen LogP contribution is -2.32. The van der Waals surface area contributed by atoms with Crippen molar-refractivity contribution in [3.63, 3.8) is 0 Å². The molecule has 0 radical (unpaired) electrons. The summed E-state index contributed by atoms with van der Waals surface area (Å²) < 4.78 is 9.58. The van der Waals surface area contributed by atoms with Gasteiger partial charge in [-0.3, -0.25) is 0 Å². The quantitative estimate of drug-likeness (QED) is 0.177. The lowest BCUT2D eigenvalue weighted by atomic mass is 9.66. The van der Waals surface area contributed by atoms with Gasteiger partial charge in [0, 0.05) is 44.7 Å². The Kier molecular flexibility index (Phi) is 7.11. The Morgan fingerprint density at radius 2 is 1.13 bits per heavy atom. The molecule has 4 aliphatic rings. The fourth-order valence-electron chi connectivity index (χ4n) is 11.4. The van der Waals surface area contributed by atoms with Crippen molar-refractivity contribution in [2.24, 2.45) is 0 Å². The van der Waals surface area contributed by atoms with Crippen LogP contribution in [0.4, 0.5) is 11.4 Å². The van der Waals surface area contributed by atoms with E-state index in [-0.39, 0.29) is 5.41 Å². The maximum atomic E-state index is 7.17. The average molecular weight is 783 g/mol. The third kappa shape index (κ3) is 4.58. The van der Waals surface area contributed by atoms with E-state index in [1.807, 2.05) is 0 Å². The van der Waals surface area contributed by atoms with Crippen molar-refractivity contribution in [3.05, 3.63) is 233 Å². The van der Waals surface area contributed by atoms with Crippen molar-refractivity contribution in [2.45, 2.75) is 37.5 Å².